The zero-order valence-electron chi connectivity index (χ0n) is 10.7. The molecule has 0 aliphatic heterocycles. The van der Waals surface area contributed by atoms with Crippen molar-refractivity contribution in [2.75, 3.05) is 5.32 Å². The molecule has 0 fully saturated rings. The van der Waals surface area contributed by atoms with E-state index in [1.807, 2.05) is 29.8 Å². The molecule has 0 radical (unpaired) electrons. The highest BCUT2D eigenvalue weighted by Crippen LogP contribution is 2.23. The minimum atomic E-state index is -0.441. The van der Waals surface area contributed by atoms with Gasteiger partial charge < -0.3 is 5.32 Å². The fourth-order valence-corrected chi connectivity index (χ4v) is 2.40. The van der Waals surface area contributed by atoms with Crippen molar-refractivity contribution in [2.45, 2.75) is 6.92 Å². The summed E-state index contributed by atoms with van der Waals surface area (Å²) in [6, 6.07) is 9.01. The van der Waals surface area contributed by atoms with Gasteiger partial charge in [-0.05, 0) is 53.1 Å². The molecule has 0 saturated heterocycles. The zero-order chi connectivity index (χ0) is 14.5. The van der Waals surface area contributed by atoms with Gasteiger partial charge >= 0.3 is 0 Å². The van der Waals surface area contributed by atoms with E-state index in [2.05, 4.69) is 5.32 Å². The number of nitrogens with one attached hydrogen (secondary N) is 1. The van der Waals surface area contributed by atoms with Crippen LogP contribution in [0.25, 0.3) is 6.08 Å². The third-order valence-corrected chi connectivity index (χ3v) is 3.85. The second kappa shape index (κ2) is 6.38. The Morgan fingerprint density at radius 3 is 2.90 bits per heavy atom. The molecule has 20 heavy (non-hydrogen) atoms. The maximum Gasteiger partial charge on any atom is 0.266 e. The van der Waals surface area contributed by atoms with E-state index in [1.165, 1.54) is 11.3 Å². The first kappa shape index (κ1) is 14.3. The van der Waals surface area contributed by atoms with Crippen LogP contribution in [0.4, 0.5) is 5.69 Å². The molecule has 2 rings (SSSR count). The van der Waals surface area contributed by atoms with Crippen LogP contribution in [0.15, 0.2) is 40.6 Å². The Labute approximate surface area is 126 Å². The molecular weight excluding hydrogens is 292 g/mol. The molecule has 0 atom stereocenters. The zero-order valence-corrected chi connectivity index (χ0v) is 12.3. The lowest BCUT2D eigenvalue weighted by Crippen LogP contribution is -2.14. The van der Waals surface area contributed by atoms with Gasteiger partial charge in [0.05, 0.1) is 0 Å². The minimum absolute atomic E-state index is 0.0581. The van der Waals surface area contributed by atoms with Crippen LogP contribution < -0.4 is 5.32 Å². The van der Waals surface area contributed by atoms with Crippen molar-refractivity contribution in [3.63, 3.8) is 0 Å². The summed E-state index contributed by atoms with van der Waals surface area (Å²) in [5.74, 6) is -0.441. The Morgan fingerprint density at radius 1 is 1.45 bits per heavy atom. The smallest absolute Gasteiger partial charge is 0.266 e. The van der Waals surface area contributed by atoms with Crippen molar-refractivity contribution in [3.8, 4) is 6.07 Å². The Bertz CT molecular complexity index is 699. The average molecular weight is 303 g/mol. The number of nitriles is 1. The first-order valence-corrected chi connectivity index (χ1v) is 7.14. The molecule has 0 saturated carbocycles. The normalized spacial score (nSPS) is 10.9. The quantitative estimate of drug-likeness (QED) is 0.680. The van der Waals surface area contributed by atoms with Gasteiger partial charge in [0.15, 0.2) is 0 Å². The monoisotopic (exact) mass is 302 g/mol. The standard InChI is InChI=1S/C15H11ClN2OS/c1-10-13(16)3-2-4-14(10)18-15(19)12(8-17)7-11-5-6-20-9-11/h2-7,9H,1H3,(H,18,19)/b12-7+. The van der Waals surface area contributed by atoms with Crippen LogP contribution in [0.5, 0.6) is 0 Å². The Morgan fingerprint density at radius 2 is 2.25 bits per heavy atom. The lowest BCUT2D eigenvalue weighted by atomic mass is 10.1. The highest BCUT2D eigenvalue weighted by Gasteiger charge is 2.11. The van der Waals surface area contributed by atoms with Crippen LogP contribution in [0.1, 0.15) is 11.1 Å². The maximum atomic E-state index is 12.1. The van der Waals surface area contributed by atoms with Crippen LogP contribution in [0, 0.1) is 18.3 Å². The molecule has 2 aromatic rings. The minimum Gasteiger partial charge on any atom is -0.321 e. The van der Waals surface area contributed by atoms with Gasteiger partial charge in [-0.25, -0.2) is 0 Å². The molecular formula is C15H11ClN2OS. The number of hydrogen-bond donors (Lipinski definition) is 1. The van der Waals surface area contributed by atoms with Gasteiger partial charge in [-0.15, -0.1) is 0 Å². The first-order chi connectivity index (χ1) is 9.61. The van der Waals surface area contributed by atoms with Crippen LogP contribution >= 0.6 is 22.9 Å². The Kier molecular flexibility index (Phi) is 4.57. The number of thiophene rings is 1. The van der Waals surface area contributed by atoms with Crippen LogP contribution in [0.3, 0.4) is 0 Å². The Hall–Kier alpha value is -2.09. The third kappa shape index (κ3) is 3.27. The maximum absolute atomic E-state index is 12.1. The van der Waals surface area contributed by atoms with Crippen LogP contribution in [-0.4, -0.2) is 5.91 Å². The van der Waals surface area contributed by atoms with Gasteiger partial charge in [0.1, 0.15) is 11.6 Å². The molecule has 1 aromatic heterocycles. The summed E-state index contributed by atoms with van der Waals surface area (Å²) in [5, 5.41) is 16.1. The average Bonchev–Trinajstić information content (AvgIpc) is 2.94. The predicted octanol–water partition coefficient (Wildman–Crippen LogP) is 4.26. The van der Waals surface area contributed by atoms with E-state index in [0.717, 1.165) is 11.1 Å². The summed E-state index contributed by atoms with van der Waals surface area (Å²) in [6.45, 7) is 1.81. The van der Waals surface area contributed by atoms with Gasteiger partial charge in [-0.3, -0.25) is 4.79 Å². The van der Waals surface area contributed by atoms with Crippen LogP contribution in [-0.2, 0) is 4.79 Å². The van der Waals surface area contributed by atoms with E-state index in [0.29, 0.717) is 10.7 Å². The van der Waals surface area contributed by atoms with E-state index >= 15 is 0 Å². The molecule has 1 aromatic carbocycles. The van der Waals surface area contributed by atoms with Crippen LogP contribution in [0.2, 0.25) is 5.02 Å². The molecule has 0 bridgehead atoms. The Balaban J connectivity index is 2.23. The largest absolute Gasteiger partial charge is 0.321 e. The van der Waals surface area contributed by atoms with E-state index in [4.69, 9.17) is 16.9 Å². The number of halogens is 1. The SMILES string of the molecule is Cc1c(Cl)cccc1NC(=O)/C(C#N)=C/c1ccsc1. The number of hydrogen-bond acceptors (Lipinski definition) is 3. The second-order valence-electron chi connectivity index (χ2n) is 4.09. The molecule has 3 nitrogen and oxygen atoms in total. The number of nitrogens with zero attached hydrogens (tertiary/aromatic N) is 1. The number of anilines is 1. The molecule has 1 N–H and O–H groups in total. The van der Waals surface area contributed by atoms with E-state index in [-0.39, 0.29) is 5.57 Å². The van der Waals surface area contributed by atoms with Crippen molar-refractivity contribution in [2.24, 2.45) is 0 Å². The predicted molar refractivity (Wildman–Crippen MR) is 82.7 cm³/mol. The molecule has 0 spiro atoms. The van der Waals surface area contributed by atoms with Gasteiger partial charge in [0, 0.05) is 10.7 Å². The summed E-state index contributed by atoms with van der Waals surface area (Å²) >= 11 is 7.51. The number of amides is 1. The molecule has 0 aliphatic rings. The summed E-state index contributed by atoms with van der Waals surface area (Å²) in [4.78, 5) is 12.1. The first-order valence-electron chi connectivity index (χ1n) is 5.82. The number of carbonyl (C=O) groups is 1. The van der Waals surface area contributed by atoms with E-state index in [1.54, 1.807) is 24.3 Å². The van der Waals surface area contributed by atoms with Gasteiger partial charge in [0.2, 0.25) is 0 Å². The summed E-state index contributed by atoms with van der Waals surface area (Å²) in [5.41, 5.74) is 2.27. The lowest BCUT2D eigenvalue weighted by molar-refractivity contribution is -0.112. The molecule has 1 amide bonds. The summed E-state index contributed by atoms with van der Waals surface area (Å²) in [6.07, 6.45) is 1.56. The fraction of sp³-hybridized carbons (Fsp3) is 0.0667. The van der Waals surface area contributed by atoms with Gasteiger partial charge in [-0.1, -0.05) is 17.7 Å². The number of rotatable bonds is 3. The second-order valence-corrected chi connectivity index (χ2v) is 5.28. The van der Waals surface area contributed by atoms with E-state index < -0.39 is 5.91 Å². The fourth-order valence-electron chi connectivity index (χ4n) is 1.60. The molecule has 0 aliphatic carbocycles. The van der Waals surface area contributed by atoms with Crippen molar-refractivity contribution in [1.29, 1.82) is 5.26 Å². The highest BCUT2D eigenvalue weighted by atomic mass is 35.5. The van der Waals surface area contributed by atoms with Gasteiger partial charge in [-0.2, -0.15) is 16.6 Å². The lowest BCUT2D eigenvalue weighted by Gasteiger charge is -2.08. The molecule has 0 unspecified atom stereocenters. The summed E-state index contributed by atoms with van der Waals surface area (Å²) < 4.78 is 0. The topological polar surface area (TPSA) is 52.9 Å². The van der Waals surface area contributed by atoms with Crippen molar-refractivity contribution >= 4 is 40.6 Å². The van der Waals surface area contributed by atoms with Crippen molar-refractivity contribution in [3.05, 3.63) is 56.7 Å². The van der Waals surface area contributed by atoms with Gasteiger partial charge in [0.25, 0.3) is 5.91 Å². The van der Waals surface area contributed by atoms with Crippen molar-refractivity contribution < 1.29 is 4.79 Å². The van der Waals surface area contributed by atoms with Crippen molar-refractivity contribution in [1.82, 2.24) is 0 Å². The molecule has 100 valence electrons. The summed E-state index contributed by atoms with van der Waals surface area (Å²) in [7, 11) is 0. The van der Waals surface area contributed by atoms with E-state index in [9.17, 15) is 4.79 Å². The molecule has 5 heteroatoms. The highest BCUT2D eigenvalue weighted by molar-refractivity contribution is 7.08. The third-order valence-electron chi connectivity index (χ3n) is 2.74. The molecule has 1 heterocycles. The number of benzene rings is 1. The number of carbonyl (C=O) groups excluding carboxylic acids is 1.